The lowest BCUT2D eigenvalue weighted by molar-refractivity contribution is -0.384. The Labute approximate surface area is 99.3 Å². The molecular weight excluding hydrogens is 222 g/mol. The molecule has 0 saturated heterocycles. The van der Waals surface area contributed by atoms with Crippen molar-refractivity contribution in [3.63, 3.8) is 0 Å². The smallest absolute Gasteiger partial charge is 0.330 e. The van der Waals surface area contributed by atoms with E-state index in [9.17, 15) is 10.1 Å². The Morgan fingerprint density at radius 2 is 2.41 bits per heavy atom. The second-order valence-electron chi connectivity index (χ2n) is 4.52. The summed E-state index contributed by atoms with van der Waals surface area (Å²) in [6.45, 7) is 0.495. The van der Waals surface area contributed by atoms with Crippen molar-refractivity contribution < 1.29 is 4.92 Å². The van der Waals surface area contributed by atoms with E-state index >= 15 is 0 Å². The minimum atomic E-state index is -0.403. The molecular formula is C10H17N5O2. The summed E-state index contributed by atoms with van der Waals surface area (Å²) in [5.74, 6) is 0.950. The third-order valence-corrected chi connectivity index (χ3v) is 3.23. The molecule has 17 heavy (non-hydrogen) atoms. The van der Waals surface area contributed by atoms with Gasteiger partial charge in [-0.1, -0.05) is 0 Å². The van der Waals surface area contributed by atoms with Gasteiger partial charge in [0, 0.05) is 26.7 Å². The molecule has 0 radical (unpaired) electrons. The zero-order valence-electron chi connectivity index (χ0n) is 10.0. The maximum atomic E-state index is 10.9. The summed E-state index contributed by atoms with van der Waals surface area (Å²) >= 11 is 0. The molecule has 1 aliphatic rings. The SMILES string of the molecule is CN(c1nn(C)cc1[N+](=O)[O-])C(CN)C1CC1. The normalized spacial score (nSPS) is 16.9. The molecule has 7 nitrogen and oxygen atoms in total. The van der Waals surface area contributed by atoms with E-state index in [0.29, 0.717) is 18.3 Å². The molecule has 2 rings (SSSR count). The fourth-order valence-electron chi connectivity index (χ4n) is 2.15. The summed E-state index contributed by atoms with van der Waals surface area (Å²) in [6, 6.07) is 0.142. The van der Waals surface area contributed by atoms with Crippen LogP contribution < -0.4 is 10.6 Å². The van der Waals surface area contributed by atoms with Crippen LogP contribution in [0.15, 0.2) is 6.20 Å². The van der Waals surface area contributed by atoms with Gasteiger partial charge in [-0.25, -0.2) is 0 Å². The van der Waals surface area contributed by atoms with Gasteiger partial charge < -0.3 is 10.6 Å². The Hall–Kier alpha value is -1.63. The van der Waals surface area contributed by atoms with Gasteiger partial charge in [0.15, 0.2) is 0 Å². The lowest BCUT2D eigenvalue weighted by Gasteiger charge is -2.26. The van der Waals surface area contributed by atoms with Crippen LogP contribution in [0.4, 0.5) is 11.5 Å². The third-order valence-electron chi connectivity index (χ3n) is 3.23. The summed E-state index contributed by atoms with van der Waals surface area (Å²) < 4.78 is 1.46. The van der Waals surface area contributed by atoms with Gasteiger partial charge in [-0.05, 0) is 18.8 Å². The van der Waals surface area contributed by atoms with Crippen LogP contribution >= 0.6 is 0 Å². The summed E-state index contributed by atoms with van der Waals surface area (Å²) in [7, 11) is 3.50. The molecule has 94 valence electrons. The Kier molecular flexibility index (Phi) is 3.01. The lowest BCUT2D eigenvalue weighted by Crippen LogP contribution is -2.40. The van der Waals surface area contributed by atoms with Crippen LogP contribution in [0, 0.1) is 16.0 Å². The van der Waals surface area contributed by atoms with Gasteiger partial charge >= 0.3 is 5.69 Å². The van der Waals surface area contributed by atoms with Crippen molar-refractivity contribution in [1.82, 2.24) is 9.78 Å². The van der Waals surface area contributed by atoms with Crippen molar-refractivity contribution in [3.05, 3.63) is 16.3 Å². The highest BCUT2D eigenvalue weighted by molar-refractivity contribution is 5.57. The fraction of sp³-hybridized carbons (Fsp3) is 0.700. The van der Waals surface area contributed by atoms with E-state index in [-0.39, 0.29) is 11.7 Å². The Morgan fingerprint density at radius 3 is 2.88 bits per heavy atom. The van der Waals surface area contributed by atoms with Crippen LogP contribution in [0.3, 0.4) is 0 Å². The number of likely N-dealkylation sites (N-methyl/N-ethyl adjacent to an activating group) is 1. The highest BCUT2D eigenvalue weighted by Crippen LogP contribution is 2.37. The molecule has 7 heteroatoms. The number of anilines is 1. The topological polar surface area (TPSA) is 90.2 Å². The van der Waals surface area contributed by atoms with Crippen LogP contribution in [0.1, 0.15) is 12.8 Å². The van der Waals surface area contributed by atoms with E-state index in [0.717, 1.165) is 12.8 Å². The van der Waals surface area contributed by atoms with Gasteiger partial charge in [0.2, 0.25) is 5.82 Å². The van der Waals surface area contributed by atoms with Crippen LogP contribution in [-0.2, 0) is 7.05 Å². The van der Waals surface area contributed by atoms with E-state index in [4.69, 9.17) is 5.73 Å². The molecule has 1 fully saturated rings. The van der Waals surface area contributed by atoms with E-state index in [1.165, 1.54) is 10.9 Å². The second-order valence-corrected chi connectivity index (χ2v) is 4.52. The van der Waals surface area contributed by atoms with Gasteiger partial charge in [-0.2, -0.15) is 0 Å². The van der Waals surface area contributed by atoms with Gasteiger partial charge in [-0.15, -0.1) is 5.10 Å². The molecule has 1 atom stereocenters. The van der Waals surface area contributed by atoms with Gasteiger partial charge in [0.05, 0.1) is 4.92 Å². The molecule has 0 amide bonds. The quantitative estimate of drug-likeness (QED) is 0.597. The fourth-order valence-corrected chi connectivity index (χ4v) is 2.15. The zero-order chi connectivity index (χ0) is 12.6. The molecule has 1 heterocycles. The first-order chi connectivity index (χ1) is 8.04. The van der Waals surface area contributed by atoms with Gasteiger partial charge in [0.1, 0.15) is 6.20 Å². The maximum Gasteiger partial charge on any atom is 0.330 e. The molecule has 1 saturated carbocycles. The average Bonchev–Trinajstić information content (AvgIpc) is 3.01. The lowest BCUT2D eigenvalue weighted by atomic mass is 10.1. The largest absolute Gasteiger partial charge is 0.348 e. The Balaban J connectivity index is 2.28. The molecule has 0 bridgehead atoms. The number of aryl methyl sites for hydroxylation is 1. The zero-order valence-corrected chi connectivity index (χ0v) is 10.0. The molecule has 1 unspecified atom stereocenters. The van der Waals surface area contributed by atoms with E-state index in [1.54, 1.807) is 7.05 Å². The van der Waals surface area contributed by atoms with Crippen molar-refractivity contribution in [2.45, 2.75) is 18.9 Å². The number of nitro groups is 1. The van der Waals surface area contributed by atoms with E-state index in [1.807, 2.05) is 11.9 Å². The van der Waals surface area contributed by atoms with Crippen molar-refractivity contribution in [2.75, 3.05) is 18.5 Å². The number of rotatable bonds is 5. The first-order valence-electron chi connectivity index (χ1n) is 5.65. The van der Waals surface area contributed by atoms with Crippen molar-refractivity contribution in [2.24, 2.45) is 18.7 Å². The molecule has 1 aliphatic carbocycles. The highest BCUT2D eigenvalue weighted by atomic mass is 16.6. The minimum Gasteiger partial charge on any atom is -0.348 e. The molecule has 0 aromatic carbocycles. The molecule has 1 aromatic heterocycles. The predicted molar refractivity (Wildman–Crippen MR) is 63.8 cm³/mol. The molecule has 0 aliphatic heterocycles. The number of nitrogens with two attached hydrogens (primary N) is 1. The van der Waals surface area contributed by atoms with Crippen molar-refractivity contribution >= 4 is 11.5 Å². The number of hydrogen-bond acceptors (Lipinski definition) is 5. The second kappa shape index (κ2) is 4.33. The Morgan fingerprint density at radius 1 is 1.76 bits per heavy atom. The molecule has 2 N–H and O–H groups in total. The van der Waals surface area contributed by atoms with Crippen LogP contribution in [0.5, 0.6) is 0 Å². The number of hydrogen-bond donors (Lipinski definition) is 1. The Bertz CT molecular complexity index is 426. The predicted octanol–water partition coefficient (Wildman–Crippen LogP) is 0.502. The summed E-state index contributed by atoms with van der Waals surface area (Å²) in [5, 5.41) is 15.1. The van der Waals surface area contributed by atoms with Crippen molar-refractivity contribution in [3.8, 4) is 0 Å². The van der Waals surface area contributed by atoms with E-state index < -0.39 is 4.92 Å². The summed E-state index contributed by atoms with van der Waals surface area (Å²) in [4.78, 5) is 12.4. The maximum absolute atomic E-state index is 10.9. The first kappa shape index (κ1) is 11.8. The van der Waals surface area contributed by atoms with Crippen LogP contribution in [-0.4, -0.2) is 34.3 Å². The highest BCUT2D eigenvalue weighted by Gasteiger charge is 2.36. The molecule has 1 aromatic rings. The third kappa shape index (κ3) is 2.23. The number of aromatic nitrogens is 2. The van der Waals surface area contributed by atoms with Crippen molar-refractivity contribution in [1.29, 1.82) is 0 Å². The minimum absolute atomic E-state index is 0.0362. The van der Waals surface area contributed by atoms with Crippen LogP contribution in [0.2, 0.25) is 0 Å². The first-order valence-corrected chi connectivity index (χ1v) is 5.65. The molecule has 0 spiro atoms. The standard InChI is InChI=1S/C10H17N5O2/c1-13-6-9(15(16)17)10(12-13)14(2)8(5-11)7-3-4-7/h6-8H,3-5,11H2,1-2H3. The number of nitrogens with zero attached hydrogens (tertiary/aromatic N) is 4. The van der Waals surface area contributed by atoms with Crippen LogP contribution in [0.25, 0.3) is 0 Å². The summed E-state index contributed by atoms with van der Waals surface area (Å²) in [5.41, 5.74) is 5.78. The van der Waals surface area contributed by atoms with E-state index in [2.05, 4.69) is 5.10 Å². The van der Waals surface area contributed by atoms with Gasteiger partial charge in [-0.3, -0.25) is 14.8 Å². The monoisotopic (exact) mass is 239 g/mol. The van der Waals surface area contributed by atoms with Gasteiger partial charge in [0.25, 0.3) is 0 Å². The average molecular weight is 239 g/mol. The summed E-state index contributed by atoms with van der Waals surface area (Å²) in [6.07, 6.45) is 3.71.